The van der Waals surface area contributed by atoms with Crippen LogP contribution in [0, 0.1) is 48.8 Å². The number of para-hydroxylation sites is 2. The van der Waals surface area contributed by atoms with E-state index >= 15 is 0 Å². The van der Waals surface area contributed by atoms with Gasteiger partial charge in [-0.25, -0.2) is 0 Å². The molecule has 5 heterocycles. The van der Waals surface area contributed by atoms with Crippen LogP contribution in [0.1, 0.15) is 68.7 Å². The first-order valence-electron chi connectivity index (χ1n) is 23.8. The van der Waals surface area contributed by atoms with Gasteiger partial charge >= 0.3 is 167 Å². The number of imidazole rings is 1. The van der Waals surface area contributed by atoms with Crippen molar-refractivity contribution < 1.29 is 24.5 Å². The van der Waals surface area contributed by atoms with Crippen LogP contribution in [-0.2, 0) is 26.5 Å². The van der Waals surface area contributed by atoms with Gasteiger partial charge in [0.1, 0.15) is 11.3 Å². The largest absolute Gasteiger partial charge is 0 e. The van der Waals surface area contributed by atoms with Crippen LogP contribution < -0.4 is 4.40 Å². The molecule has 4 aliphatic carbocycles. The number of furan rings is 1. The maximum absolute atomic E-state index is 6.23. The van der Waals surface area contributed by atoms with Gasteiger partial charge in [0.25, 0.3) is 0 Å². The number of aryl methyl sites for hydroxylation is 1. The van der Waals surface area contributed by atoms with E-state index in [0.29, 0.717) is 11.6 Å². The van der Waals surface area contributed by atoms with Crippen LogP contribution in [0.4, 0.5) is 0 Å². The molecular weight excluding hydrogens is 1050 g/mol. The van der Waals surface area contributed by atoms with E-state index in [0.717, 1.165) is 102 Å². The Labute approximate surface area is 405 Å². The van der Waals surface area contributed by atoms with E-state index in [-0.39, 0.29) is 20.1 Å². The Balaban J connectivity index is 0.000000161. The molecule has 13 rings (SSSR count). The Morgan fingerprint density at radius 1 is 0.773 bits per heavy atom. The predicted molar refractivity (Wildman–Crippen MR) is 268 cm³/mol. The van der Waals surface area contributed by atoms with Gasteiger partial charge in [0, 0.05) is 42.9 Å². The number of pyridine rings is 3. The zero-order valence-electron chi connectivity index (χ0n) is 38.8. The van der Waals surface area contributed by atoms with Gasteiger partial charge in [0.15, 0.2) is 0 Å². The second-order valence-electron chi connectivity index (χ2n) is 20.5. The molecule has 0 aliphatic heterocycles. The van der Waals surface area contributed by atoms with Gasteiger partial charge in [-0.05, 0) is 47.7 Å². The molecule has 5 aromatic heterocycles. The van der Waals surface area contributed by atoms with Gasteiger partial charge in [-0.3, -0.25) is 9.97 Å². The second kappa shape index (κ2) is 18.1. The molecule has 9 aromatic rings. The number of aromatic nitrogens is 5. The standard InChI is InChI=1S/C33H25N4O.C25H32GeN.Ir/c1-20(2)24-13-9-14-26-27-18-23(19-35-33(27)38-31(24)26)32-36-30-21(3)34-17-16-29(30)37(32)28-15-8-7-12-25(28)22-10-5-4-6-11-22;1-26(2,3)24-16-27-25(19-7-5-4-6-8-19)15-22(24)14-23-20-10-17-9-18(12-20)13-21(23)11-17;/h4-18,20H,1-3H3;4-7,15-18,20-21,23H,9-14H2,1-3H3;/q2*-1;. The third-order valence-electron chi connectivity index (χ3n) is 14.8. The second-order valence-corrected chi connectivity index (χ2v) is 31.0. The molecule has 4 saturated carbocycles. The maximum Gasteiger partial charge on any atom is 0 e. The van der Waals surface area contributed by atoms with Crippen molar-refractivity contribution in [2.45, 2.75) is 82.5 Å². The first-order chi connectivity index (χ1) is 31.6. The van der Waals surface area contributed by atoms with Crippen molar-refractivity contribution in [2.75, 3.05) is 0 Å². The fraction of sp³-hybridized carbons (Fsp3) is 0.310. The van der Waals surface area contributed by atoms with E-state index in [1.807, 2.05) is 37.4 Å². The fourth-order valence-electron chi connectivity index (χ4n) is 12.0. The van der Waals surface area contributed by atoms with Crippen molar-refractivity contribution >= 4 is 50.8 Å². The summed E-state index contributed by atoms with van der Waals surface area (Å²) in [5.74, 6) is 13.7. The summed E-state index contributed by atoms with van der Waals surface area (Å²) in [5.41, 5.74) is 13.3. The van der Waals surface area contributed by atoms with Gasteiger partial charge in [-0.1, -0.05) is 86.1 Å². The third-order valence-corrected chi connectivity index (χ3v) is 19.2. The molecule has 335 valence electrons. The van der Waals surface area contributed by atoms with Gasteiger partial charge in [0.05, 0.1) is 22.6 Å². The molecule has 0 unspecified atom stereocenters. The minimum absolute atomic E-state index is 0. The molecule has 0 saturated heterocycles. The van der Waals surface area contributed by atoms with E-state index in [2.05, 4.69) is 155 Å². The van der Waals surface area contributed by atoms with Gasteiger partial charge in [-0.15, -0.1) is 6.07 Å². The van der Waals surface area contributed by atoms with Crippen LogP contribution in [0.2, 0.25) is 17.3 Å². The third kappa shape index (κ3) is 8.30. The molecule has 4 fully saturated rings. The first kappa shape index (κ1) is 44.6. The topological polar surface area (TPSA) is 69.6 Å². The summed E-state index contributed by atoms with van der Waals surface area (Å²) in [6, 6.07) is 43.4. The fourth-order valence-corrected chi connectivity index (χ4v) is 15.3. The van der Waals surface area contributed by atoms with E-state index in [1.54, 1.807) is 16.4 Å². The molecule has 8 heteroatoms. The minimum atomic E-state index is -1.94. The molecule has 0 spiro atoms. The monoisotopic (exact) mass is 1110 g/mol. The van der Waals surface area contributed by atoms with Crippen molar-refractivity contribution in [3.05, 3.63) is 157 Å². The maximum atomic E-state index is 6.23. The Kier molecular flexibility index (Phi) is 12.3. The van der Waals surface area contributed by atoms with Crippen molar-refractivity contribution in [1.82, 2.24) is 24.5 Å². The van der Waals surface area contributed by atoms with Crippen LogP contribution >= 0.6 is 0 Å². The average Bonchev–Trinajstić information content (AvgIpc) is 3.90. The molecule has 0 atom stereocenters. The van der Waals surface area contributed by atoms with E-state index in [4.69, 9.17) is 14.4 Å². The van der Waals surface area contributed by atoms with Crippen molar-refractivity contribution in [2.24, 2.45) is 29.6 Å². The molecule has 0 amide bonds. The van der Waals surface area contributed by atoms with E-state index in [9.17, 15) is 0 Å². The van der Waals surface area contributed by atoms with Gasteiger partial charge in [-0.2, -0.15) is 0 Å². The minimum Gasteiger partial charge on any atom is 0 e. The molecule has 4 aromatic carbocycles. The Bertz CT molecular complexity index is 3160. The van der Waals surface area contributed by atoms with Crippen molar-refractivity contribution in [3.8, 4) is 39.5 Å². The summed E-state index contributed by atoms with van der Waals surface area (Å²) in [6.45, 7) is 6.35. The quantitative estimate of drug-likeness (QED) is 0.112. The van der Waals surface area contributed by atoms with Crippen molar-refractivity contribution in [1.29, 1.82) is 0 Å². The zero-order chi connectivity index (χ0) is 44.4. The first-order valence-corrected chi connectivity index (χ1v) is 31.1. The molecular formula is C58H57GeIrN5O-2. The predicted octanol–water partition coefficient (Wildman–Crippen LogP) is 14.0. The Hall–Kier alpha value is -5.21. The summed E-state index contributed by atoms with van der Waals surface area (Å²) < 4.78 is 10.1. The van der Waals surface area contributed by atoms with Crippen LogP contribution in [0.25, 0.3) is 72.6 Å². The number of rotatable bonds is 8. The number of hydrogen-bond acceptors (Lipinski definition) is 5. The van der Waals surface area contributed by atoms with Crippen LogP contribution in [-0.4, -0.2) is 37.8 Å². The summed E-state index contributed by atoms with van der Waals surface area (Å²) in [7, 11) is 0. The van der Waals surface area contributed by atoms with Crippen LogP contribution in [0.5, 0.6) is 0 Å². The van der Waals surface area contributed by atoms with E-state index in [1.165, 1.54) is 37.7 Å². The smallest absolute Gasteiger partial charge is 0 e. The number of nitrogens with zero attached hydrogens (tertiary/aromatic N) is 5. The Morgan fingerprint density at radius 3 is 2.24 bits per heavy atom. The Morgan fingerprint density at radius 2 is 1.52 bits per heavy atom. The molecule has 6 nitrogen and oxygen atoms in total. The van der Waals surface area contributed by atoms with Gasteiger partial charge < -0.3 is 14.0 Å². The van der Waals surface area contributed by atoms with Crippen LogP contribution in [0.3, 0.4) is 0 Å². The van der Waals surface area contributed by atoms with Crippen molar-refractivity contribution in [3.63, 3.8) is 0 Å². The molecule has 66 heavy (non-hydrogen) atoms. The SMILES string of the molecule is Cc1nccc2c1nc(-c1[c-]nc3oc4c(C(C)C)cccc4c3c1)n2-c1ccccc1-c1ccccc1.[CH3][Ge]([CH3])([CH3])[c]1cnc(-c2[c-]cccc2)cc1CC1C2CC3CC(C2)CC1C3.[Ir]. The molecule has 0 N–H and O–H groups in total. The van der Waals surface area contributed by atoms with Crippen LogP contribution in [0.15, 0.2) is 132 Å². The number of benzene rings is 4. The molecule has 4 bridgehead atoms. The number of fused-ring (bicyclic) bond motifs is 4. The number of hydrogen-bond donors (Lipinski definition) is 0. The molecule has 1 radical (unpaired) electrons. The van der Waals surface area contributed by atoms with Gasteiger partial charge in [0.2, 0.25) is 0 Å². The summed E-state index contributed by atoms with van der Waals surface area (Å²) in [5, 5.41) is 2.01. The average molecular weight is 1100 g/mol. The normalized spacial score (nSPS) is 19.9. The summed E-state index contributed by atoms with van der Waals surface area (Å²) in [4.78, 5) is 19.1. The van der Waals surface area contributed by atoms with E-state index < -0.39 is 13.3 Å². The summed E-state index contributed by atoms with van der Waals surface area (Å²) in [6.07, 6.45) is 16.3. The molecule has 4 aliphatic rings. The summed E-state index contributed by atoms with van der Waals surface area (Å²) >= 11 is -1.94. The zero-order valence-corrected chi connectivity index (χ0v) is 43.3.